The molecule has 0 aliphatic carbocycles. The number of H-pyrrole nitrogens is 1. The van der Waals surface area contributed by atoms with E-state index in [0.29, 0.717) is 23.6 Å². The molecule has 0 spiro atoms. The molecule has 1 aromatic carbocycles. The third-order valence-corrected chi connectivity index (χ3v) is 4.73. The molecule has 2 aromatic rings. The topological polar surface area (TPSA) is 58.2 Å². The molecule has 1 aromatic heterocycles. The van der Waals surface area contributed by atoms with Gasteiger partial charge >= 0.3 is 0 Å². The molecule has 2 heterocycles. The van der Waals surface area contributed by atoms with E-state index in [1.54, 1.807) is 31.4 Å². The number of nitrogens with one attached hydrogen (secondary N) is 1. The molecule has 134 valence electrons. The molecule has 1 fully saturated rings. The Morgan fingerprint density at radius 1 is 1.40 bits per heavy atom. The van der Waals surface area contributed by atoms with E-state index < -0.39 is 0 Å². The zero-order valence-electron chi connectivity index (χ0n) is 14.5. The summed E-state index contributed by atoms with van der Waals surface area (Å²) >= 11 is 0. The van der Waals surface area contributed by atoms with Crippen molar-refractivity contribution in [2.45, 2.75) is 38.1 Å². The molecule has 3 rings (SSSR count). The Morgan fingerprint density at radius 2 is 2.24 bits per heavy atom. The highest BCUT2D eigenvalue weighted by Gasteiger charge is 2.28. The first-order valence-corrected chi connectivity index (χ1v) is 8.81. The first-order valence-electron chi connectivity index (χ1n) is 8.81. The number of ether oxygens (including phenoxy) is 1. The molecule has 1 aliphatic heterocycles. The standard InChI is InChI=1S/C19H24FN3O2/c1-25-12-6-8-14-7-4-5-11-23(14)19(24)18-13-17(21-22-18)15-9-2-3-10-16(15)20/h2-3,9-10,13-14H,4-8,11-12H2,1H3,(H,21,22)/t14-/m0/s1. The van der Waals surface area contributed by atoms with Crippen LogP contribution in [0.5, 0.6) is 0 Å². The summed E-state index contributed by atoms with van der Waals surface area (Å²) in [6.45, 7) is 1.46. The van der Waals surface area contributed by atoms with Crippen molar-refractivity contribution in [3.05, 3.63) is 41.8 Å². The predicted octanol–water partition coefficient (Wildman–Crippen LogP) is 3.64. The fourth-order valence-corrected chi connectivity index (χ4v) is 3.42. The first-order chi connectivity index (χ1) is 12.2. The van der Waals surface area contributed by atoms with E-state index in [0.717, 1.165) is 38.6 Å². The van der Waals surface area contributed by atoms with Crippen LogP contribution < -0.4 is 0 Å². The summed E-state index contributed by atoms with van der Waals surface area (Å²) in [5.41, 5.74) is 1.26. The number of rotatable bonds is 6. The first kappa shape index (κ1) is 17.6. The van der Waals surface area contributed by atoms with Gasteiger partial charge in [-0.1, -0.05) is 12.1 Å². The average Bonchev–Trinajstić information content (AvgIpc) is 3.12. The van der Waals surface area contributed by atoms with E-state index >= 15 is 0 Å². The molecule has 0 bridgehead atoms. The quantitative estimate of drug-likeness (QED) is 0.813. The number of benzene rings is 1. The number of hydrogen-bond donors (Lipinski definition) is 1. The SMILES string of the molecule is COCCC[C@@H]1CCCCN1C(=O)c1cc(-c2ccccc2F)n[nH]1. The summed E-state index contributed by atoms with van der Waals surface area (Å²) in [4.78, 5) is 14.8. The van der Waals surface area contributed by atoms with Gasteiger partial charge in [0.25, 0.3) is 5.91 Å². The van der Waals surface area contributed by atoms with Crippen LogP contribution in [0.3, 0.4) is 0 Å². The maximum absolute atomic E-state index is 13.9. The van der Waals surface area contributed by atoms with Gasteiger partial charge in [-0.25, -0.2) is 4.39 Å². The second-order valence-electron chi connectivity index (χ2n) is 6.43. The molecule has 5 nitrogen and oxygen atoms in total. The van der Waals surface area contributed by atoms with E-state index in [-0.39, 0.29) is 17.8 Å². The molecule has 1 atom stereocenters. The summed E-state index contributed by atoms with van der Waals surface area (Å²) in [5.74, 6) is -0.402. The van der Waals surface area contributed by atoms with Crippen LogP contribution >= 0.6 is 0 Å². The van der Waals surface area contributed by atoms with Gasteiger partial charge < -0.3 is 9.64 Å². The van der Waals surface area contributed by atoms with Crippen LogP contribution in [-0.4, -0.2) is 47.3 Å². The van der Waals surface area contributed by atoms with E-state index in [4.69, 9.17) is 4.74 Å². The van der Waals surface area contributed by atoms with Crippen LogP contribution in [0, 0.1) is 5.82 Å². The van der Waals surface area contributed by atoms with Gasteiger partial charge in [0.05, 0.1) is 5.69 Å². The molecule has 6 heteroatoms. The minimum Gasteiger partial charge on any atom is -0.385 e. The van der Waals surface area contributed by atoms with Crippen molar-refractivity contribution in [3.8, 4) is 11.3 Å². The monoisotopic (exact) mass is 345 g/mol. The highest BCUT2D eigenvalue weighted by atomic mass is 19.1. The van der Waals surface area contributed by atoms with E-state index in [2.05, 4.69) is 10.2 Å². The minimum atomic E-state index is -0.344. The summed E-state index contributed by atoms with van der Waals surface area (Å²) in [5, 5.41) is 6.91. The lowest BCUT2D eigenvalue weighted by Crippen LogP contribution is -2.44. The summed E-state index contributed by atoms with van der Waals surface area (Å²) in [6, 6.07) is 8.32. The van der Waals surface area contributed by atoms with E-state index in [9.17, 15) is 9.18 Å². The smallest absolute Gasteiger partial charge is 0.272 e. The van der Waals surface area contributed by atoms with E-state index in [1.165, 1.54) is 6.07 Å². The van der Waals surface area contributed by atoms with Gasteiger partial charge in [0.15, 0.2) is 0 Å². The average molecular weight is 345 g/mol. The molecule has 1 aliphatic rings. The van der Waals surface area contributed by atoms with Gasteiger partial charge in [-0.3, -0.25) is 9.89 Å². The van der Waals surface area contributed by atoms with Crippen molar-refractivity contribution >= 4 is 5.91 Å². The minimum absolute atomic E-state index is 0.0581. The normalized spacial score (nSPS) is 17.7. The van der Waals surface area contributed by atoms with Crippen LogP contribution in [0.1, 0.15) is 42.6 Å². The second kappa shape index (κ2) is 8.25. The van der Waals surface area contributed by atoms with Crippen LogP contribution in [0.25, 0.3) is 11.3 Å². The molecule has 25 heavy (non-hydrogen) atoms. The largest absolute Gasteiger partial charge is 0.385 e. The molecule has 0 radical (unpaired) electrons. The van der Waals surface area contributed by atoms with Crippen LogP contribution in [0.4, 0.5) is 4.39 Å². The third-order valence-electron chi connectivity index (χ3n) is 4.73. The maximum atomic E-state index is 13.9. The molecule has 0 unspecified atom stereocenters. The Bertz CT molecular complexity index is 716. The van der Waals surface area contributed by atoms with Gasteiger partial charge in [0.2, 0.25) is 0 Å². The second-order valence-corrected chi connectivity index (χ2v) is 6.43. The van der Waals surface area contributed by atoms with Gasteiger partial charge in [-0.2, -0.15) is 5.10 Å². The number of aromatic amines is 1. The van der Waals surface area contributed by atoms with Crippen LogP contribution in [-0.2, 0) is 4.74 Å². The fraction of sp³-hybridized carbons (Fsp3) is 0.474. The number of carbonyl (C=O) groups excluding carboxylic acids is 1. The van der Waals surface area contributed by atoms with Crippen LogP contribution in [0.15, 0.2) is 30.3 Å². The van der Waals surface area contributed by atoms with Gasteiger partial charge in [-0.15, -0.1) is 0 Å². The number of piperidine rings is 1. The van der Waals surface area contributed by atoms with Gasteiger partial charge in [-0.05, 0) is 50.3 Å². The zero-order chi connectivity index (χ0) is 17.6. The molecular formula is C19H24FN3O2. The Kier molecular flexibility index (Phi) is 5.81. The number of halogens is 1. The third kappa shape index (κ3) is 4.07. The highest BCUT2D eigenvalue weighted by Crippen LogP contribution is 2.25. The Hall–Kier alpha value is -2.21. The van der Waals surface area contributed by atoms with Gasteiger partial charge in [0, 0.05) is 31.9 Å². The lowest BCUT2D eigenvalue weighted by molar-refractivity contribution is 0.0579. The number of aromatic nitrogens is 2. The summed E-state index contributed by atoms with van der Waals surface area (Å²) in [6.07, 6.45) is 5.05. The highest BCUT2D eigenvalue weighted by molar-refractivity contribution is 5.93. The predicted molar refractivity (Wildman–Crippen MR) is 93.8 cm³/mol. The molecule has 1 saturated heterocycles. The van der Waals surface area contributed by atoms with E-state index in [1.807, 2.05) is 4.90 Å². The van der Waals surface area contributed by atoms with Crippen molar-refractivity contribution in [2.75, 3.05) is 20.3 Å². The van der Waals surface area contributed by atoms with Crippen molar-refractivity contribution < 1.29 is 13.9 Å². The van der Waals surface area contributed by atoms with Crippen molar-refractivity contribution in [1.29, 1.82) is 0 Å². The molecule has 0 saturated carbocycles. The zero-order valence-corrected chi connectivity index (χ0v) is 14.5. The van der Waals surface area contributed by atoms with Crippen molar-refractivity contribution in [3.63, 3.8) is 0 Å². The fourth-order valence-electron chi connectivity index (χ4n) is 3.42. The Labute approximate surface area is 147 Å². The lowest BCUT2D eigenvalue weighted by atomic mass is 9.97. The Morgan fingerprint density at radius 3 is 3.04 bits per heavy atom. The molecular weight excluding hydrogens is 321 g/mol. The number of amides is 1. The van der Waals surface area contributed by atoms with Crippen LogP contribution in [0.2, 0.25) is 0 Å². The summed E-state index contributed by atoms with van der Waals surface area (Å²) < 4.78 is 19.0. The number of nitrogens with zero attached hydrogens (tertiary/aromatic N) is 2. The van der Waals surface area contributed by atoms with Crippen molar-refractivity contribution in [2.24, 2.45) is 0 Å². The number of hydrogen-bond acceptors (Lipinski definition) is 3. The summed E-state index contributed by atoms with van der Waals surface area (Å²) in [7, 11) is 1.69. The number of likely N-dealkylation sites (tertiary alicyclic amines) is 1. The van der Waals surface area contributed by atoms with Gasteiger partial charge in [0.1, 0.15) is 11.5 Å². The Balaban J connectivity index is 1.74. The van der Waals surface area contributed by atoms with Crippen molar-refractivity contribution in [1.82, 2.24) is 15.1 Å². The molecule has 1 amide bonds. The number of methoxy groups -OCH3 is 1. The lowest BCUT2D eigenvalue weighted by Gasteiger charge is -2.35. The molecule has 1 N–H and O–H groups in total. The number of carbonyl (C=O) groups is 1. The maximum Gasteiger partial charge on any atom is 0.272 e.